The van der Waals surface area contributed by atoms with Crippen LogP contribution in [0.25, 0.3) is 0 Å². The van der Waals surface area contributed by atoms with Crippen LogP contribution in [0.15, 0.2) is 24.5 Å². The molecule has 2 aromatic rings. The summed E-state index contributed by atoms with van der Waals surface area (Å²) in [5, 5.41) is 23.3. The summed E-state index contributed by atoms with van der Waals surface area (Å²) in [6.07, 6.45) is 8.28. The number of likely N-dealkylation sites (tertiary alicyclic amines) is 1. The number of carboxylic acid groups (broad SMARTS) is 1. The first-order valence-electron chi connectivity index (χ1n) is 14.0. The highest BCUT2D eigenvalue weighted by atomic mass is 16.5. The molecule has 7 rings (SSSR count). The van der Waals surface area contributed by atoms with Crippen molar-refractivity contribution in [2.45, 2.75) is 62.2 Å². The van der Waals surface area contributed by atoms with Gasteiger partial charge in [0.25, 0.3) is 5.91 Å². The molecule has 10 heteroatoms. The van der Waals surface area contributed by atoms with E-state index in [0.29, 0.717) is 24.3 Å². The van der Waals surface area contributed by atoms with E-state index in [1.165, 1.54) is 36.4 Å². The van der Waals surface area contributed by atoms with E-state index in [9.17, 15) is 19.8 Å². The van der Waals surface area contributed by atoms with Crippen LogP contribution in [0.3, 0.4) is 0 Å². The molecule has 2 saturated carbocycles. The van der Waals surface area contributed by atoms with Gasteiger partial charge < -0.3 is 25.0 Å². The molecular weight excluding hydrogens is 500 g/mol. The number of phenols is 1. The minimum Gasteiger partial charge on any atom is -0.504 e. The normalized spacial score (nSPS) is 32.6. The molecule has 39 heavy (non-hydrogen) atoms. The maximum atomic E-state index is 13.1. The van der Waals surface area contributed by atoms with Crippen molar-refractivity contribution in [3.8, 4) is 11.5 Å². The van der Waals surface area contributed by atoms with Crippen LogP contribution in [0.2, 0.25) is 0 Å². The van der Waals surface area contributed by atoms with E-state index >= 15 is 0 Å². The van der Waals surface area contributed by atoms with Crippen molar-refractivity contribution < 1.29 is 29.3 Å². The van der Waals surface area contributed by atoms with E-state index in [-0.39, 0.29) is 40.7 Å². The molecule has 6 atom stereocenters. The largest absolute Gasteiger partial charge is 0.504 e. The summed E-state index contributed by atoms with van der Waals surface area (Å²) in [6.45, 7) is 2.43. The van der Waals surface area contributed by atoms with Gasteiger partial charge in [-0.25, -0.2) is 14.8 Å². The van der Waals surface area contributed by atoms with Crippen LogP contribution in [-0.4, -0.2) is 82.0 Å². The SMILES string of the molecule is COC1[C@@H](CNC(=O)c2nccnc2C(=O)O)CC2C[C@@]34CCN(CC5CC5)[C@@H]2Cc2ccc(O)c(c23)O[C@@H]14. The number of ether oxygens (including phenoxy) is 2. The lowest BCUT2D eigenvalue weighted by molar-refractivity contribution is -0.0521. The molecule has 3 heterocycles. The third-order valence-corrected chi connectivity index (χ3v) is 9.90. The number of carbonyl (C=O) groups is 2. The average molecular weight is 535 g/mol. The molecule has 3 fully saturated rings. The van der Waals surface area contributed by atoms with Crippen LogP contribution >= 0.6 is 0 Å². The van der Waals surface area contributed by atoms with Gasteiger partial charge in [-0.15, -0.1) is 0 Å². The van der Waals surface area contributed by atoms with Gasteiger partial charge in [-0.05, 0) is 68.5 Å². The molecule has 5 aliphatic rings. The van der Waals surface area contributed by atoms with Gasteiger partial charge in [0, 0.05) is 55.5 Å². The van der Waals surface area contributed by atoms with Crippen molar-refractivity contribution in [2.24, 2.45) is 17.8 Å². The van der Waals surface area contributed by atoms with Crippen molar-refractivity contribution in [3.05, 3.63) is 47.0 Å². The quantitative estimate of drug-likeness (QED) is 0.489. The fourth-order valence-electron chi connectivity index (χ4n) is 8.08. The van der Waals surface area contributed by atoms with Crippen LogP contribution < -0.4 is 10.1 Å². The first-order valence-corrected chi connectivity index (χ1v) is 14.0. The molecular formula is C29H34N4O6. The molecule has 3 N–H and O–H groups in total. The van der Waals surface area contributed by atoms with Crippen molar-refractivity contribution in [2.75, 3.05) is 26.7 Å². The van der Waals surface area contributed by atoms with Crippen molar-refractivity contribution in [1.29, 1.82) is 0 Å². The second-order valence-corrected chi connectivity index (χ2v) is 12.0. The minimum absolute atomic E-state index is 0.0674. The van der Waals surface area contributed by atoms with E-state index in [1.54, 1.807) is 13.2 Å². The first kappa shape index (κ1) is 24.8. The summed E-state index contributed by atoms with van der Waals surface area (Å²) in [6, 6.07) is 4.23. The van der Waals surface area contributed by atoms with E-state index in [0.717, 1.165) is 44.7 Å². The monoisotopic (exact) mass is 534 g/mol. The Morgan fingerprint density at radius 2 is 2.03 bits per heavy atom. The lowest BCUT2D eigenvalue weighted by Crippen LogP contribution is -2.52. The Labute approximate surface area is 226 Å². The van der Waals surface area contributed by atoms with Crippen LogP contribution in [-0.2, 0) is 16.6 Å². The molecule has 1 amide bonds. The predicted octanol–water partition coefficient (Wildman–Crippen LogP) is 2.39. The number of hydrogen-bond donors (Lipinski definition) is 3. The summed E-state index contributed by atoms with van der Waals surface area (Å²) < 4.78 is 12.8. The second kappa shape index (κ2) is 9.16. The van der Waals surface area contributed by atoms with Crippen LogP contribution in [0, 0.1) is 17.8 Å². The second-order valence-electron chi connectivity index (χ2n) is 12.0. The van der Waals surface area contributed by atoms with Gasteiger partial charge in [-0.3, -0.25) is 9.69 Å². The number of nitrogens with zero attached hydrogens (tertiary/aromatic N) is 3. The number of carboxylic acids is 1. The highest BCUT2D eigenvalue weighted by Crippen LogP contribution is 2.61. The zero-order valence-corrected chi connectivity index (χ0v) is 22.0. The maximum Gasteiger partial charge on any atom is 0.356 e. The van der Waals surface area contributed by atoms with Gasteiger partial charge in [0.15, 0.2) is 22.9 Å². The Kier molecular flexibility index (Phi) is 5.82. The third kappa shape index (κ3) is 3.90. The molecule has 2 aliphatic heterocycles. The molecule has 1 aromatic heterocycles. The number of nitrogens with one attached hydrogen (secondary N) is 1. The van der Waals surface area contributed by atoms with Gasteiger partial charge in [0.1, 0.15) is 6.10 Å². The first-order chi connectivity index (χ1) is 18.9. The number of aromatic carboxylic acids is 1. The third-order valence-electron chi connectivity index (χ3n) is 9.90. The summed E-state index contributed by atoms with van der Waals surface area (Å²) in [7, 11) is 1.69. The predicted molar refractivity (Wildman–Crippen MR) is 139 cm³/mol. The molecule has 1 aromatic carbocycles. The molecule has 10 nitrogen and oxygen atoms in total. The topological polar surface area (TPSA) is 134 Å². The molecule has 0 radical (unpaired) electrons. The van der Waals surface area contributed by atoms with E-state index in [2.05, 4.69) is 26.3 Å². The van der Waals surface area contributed by atoms with Crippen molar-refractivity contribution in [3.63, 3.8) is 0 Å². The fourth-order valence-corrected chi connectivity index (χ4v) is 8.08. The number of benzene rings is 1. The highest BCUT2D eigenvalue weighted by Gasteiger charge is 2.62. The van der Waals surface area contributed by atoms with Crippen molar-refractivity contribution in [1.82, 2.24) is 20.2 Å². The van der Waals surface area contributed by atoms with Crippen molar-refractivity contribution >= 4 is 11.9 Å². The minimum atomic E-state index is -1.29. The number of aromatic hydroxyl groups is 1. The van der Waals surface area contributed by atoms with E-state index < -0.39 is 11.9 Å². The number of carbonyl (C=O) groups excluding carboxylic acids is 1. The Morgan fingerprint density at radius 3 is 2.77 bits per heavy atom. The summed E-state index contributed by atoms with van der Waals surface area (Å²) in [4.78, 5) is 35.2. The smallest absolute Gasteiger partial charge is 0.356 e. The lowest BCUT2D eigenvalue weighted by atomic mass is 9.69. The standard InChI is InChI=1S/C29H34N4O6/c1-38-24-18(13-32-27(35)22-23(28(36)37)31-8-7-30-22)10-17-12-29-6-9-33(14-15-2-3-15)19(17)11-16-4-5-20(34)25(21(16)29)39-26(24)29/h4-5,7-8,15,17-19,24,26,34H,2-3,6,9-14H2,1H3,(H,32,35)(H,36,37)/t17?,18-,19-,24?,26+,29+/m1/s1. The van der Waals surface area contributed by atoms with Gasteiger partial charge in [0.05, 0.1) is 6.10 Å². The van der Waals surface area contributed by atoms with Gasteiger partial charge >= 0.3 is 5.97 Å². The van der Waals surface area contributed by atoms with Gasteiger partial charge in [-0.2, -0.15) is 0 Å². The molecule has 206 valence electrons. The van der Waals surface area contributed by atoms with E-state index in [1.807, 2.05) is 0 Å². The Morgan fingerprint density at radius 1 is 1.23 bits per heavy atom. The highest BCUT2D eigenvalue weighted by molar-refractivity contribution is 6.01. The van der Waals surface area contributed by atoms with E-state index in [4.69, 9.17) is 9.47 Å². The van der Waals surface area contributed by atoms with Crippen LogP contribution in [0.1, 0.15) is 64.2 Å². The average Bonchev–Trinajstić information content (AvgIpc) is 3.74. The number of rotatable bonds is 7. The van der Waals surface area contributed by atoms with Crippen LogP contribution in [0.4, 0.5) is 0 Å². The summed E-state index contributed by atoms with van der Waals surface area (Å²) in [5.41, 5.74) is 1.62. The molecule has 1 saturated heterocycles. The Bertz CT molecular complexity index is 1330. The number of methoxy groups -OCH3 is 1. The Hall–Kier alpha value is -3.24. The zero-order chi connectivity index (χ0) is 26.9. The molecule has 1 spiro atoms. The number of phenolic OH excluding ortho intramolecular Hbond substituents is 1. The number of hydrogen-bond acceptors (Lipinski definition) is 8. The Balaban J connectivity index is 1.24. The molecule has 3 aliphatic carbocycles. The van der Waals surface area contributed by atoms with Gasteiger partial charge in [0.2, 0.25) is 0 Å². The molecule has 3 bridgehead atoms. The fraction of sp³-hybridized carbons (Fsp3) is 0.586. The summed E-state index contributed by atoms with van der Waals surface area (Å²) >= 11 is 0. The van der Waals surface area contributed by atoms with Crippen LogP contribution in [0.5, 0.6) is 11.5 Å². The zero-order valence-electron chi connectivity index (χ0n) is 22.0. The lowest BCUT2D eigenvalue weighted by Gasteiger charge is -2.41. The number of amides is 1. The maximum absolute atomic E-state index is 13.1. The number of aromatic nitrogens is 2. The molecule has 2 unspecified atom stereocenters. The summed E-state index contributed by atoms with van der Waals surface area (Å²) in [5.74, 6) is 0.00234. The van der Waals surface area contributed by atoms with Gasteiger partial charge in [-0.1, -0.05) is 6.07 Å².